The number of halogens is 1. The van der Waals surface area contributed by atoms with Gasteiger partial charge in [0, 0.05) is 36.7 Å². The molecule has 1 aliphatic rings. The number of aromatic nitrogens is 1. The third-order valence-corrected chi connectivity index (χ3v) is 5.92. The van der Waals surface area contributed by atoms with Gasteiger partial charge in [-0.15, -0.1) is 11.3 Å². The lowest BCUT2D eigenvalue weighted by atomic mass is 9.93. The number of nitrogens with one attached hydrogen (secondary N) is 2. The largest absolute Gasteiger partial charge is 0.326 e. The highest BCUT2D eigenvalue weighted by molar-refractivity contribution is 7.14. The third-order valence-electron chi connectivity index (χ3n) is 5.16. The highest BCUT2D eigenvalue weighted by Crippen LogP contribution is 2.34. The Morgan fingerprint density at radius 2 is 1.91 bits per heavy atom. The van der Waals surface area contributed by atoms with Crippen molar-refractivity contribution < 1.29 is 18.8 Å². The van der Waals surface area contributed by atoms with Crippen LogP contribution in [-0.4, -0.2) is 27.6 Å². The summed E-state index contributed by atoms with van der Waals surface area (Å²) in [7, 11) is 0. The lowest BCUT2D eigenvalue weighted by molar-refractivity contribution is -0.129. The van der Waals surface area contributed by atoms with Gasteiger partial charge in [0.2, 0.25) is 17.7 Å². The molecule has 4 rings (SSSR count). The number of rotatable bonds is 5. The Morgan fingerprint density at radius 3 is 2.64 bits per heavy atom. The van der Waals surface area contributed by atoms with Gasteiger partial charge in [-0.3, -0.25) is 14.4 Å². The van der Waals surface area contributed by atoms with Crippen LogP contribution in [-0.2, 0) is 14.4 Å². The summed E-state index contributed by atoms with van der Waals surface area (Å²) in [5, 5.41) is 7.25. The number of thiazole rings is 1. The summed E-state index contributed by atoms with van der Waals surface area (Å²) < 4.78 is 14.5. The molecule has 1 aliphatic heterocycles. The molecule has 0 aliphatic carbocycles. The molecule has 9 heteroatoms. The van der Waals surface area contributed by atoms with E-state index < -0.39 is 11.9 Å². The maximum Gasteiger partial charge on any atom is 0.228 e. The predicted octanol–water partition coefficient (Wildman–Crippen LogP) is 4.81. The lowest BCUT2D eigenvalue weighted by Crippen LogP contribution is -2.33. The second-order valence-corrected chi connectivity index (χ2v) is 8.41. The SMILES string of the molecule is CC(=O)Nc1ccc(-c2csc(NC(=O)C[C@H]3c4ccccc4C=CN3C(C)=O)n2)c(F)c1. The standard InChI is InChI=1S/C24H21FN4O3S/c1-14(30)26-17-7-8-19(20(25)11-17)21-13-33-24(27-21)28-23(32)12-22-18-6-4-3-5-16(18)9-10-29(22)15(2)31/h3-11,13,22H,12H2,1-2H3,(H,26,30)(H,27,28,32)/t22-/m0/s1. The van der Waals surface area contributed by atoms with Crippen LogP contribution in [0.15, 0.2) is 54.0 Å². The number of benzene rings is 2. The van der Waals surface area contributed by atoms with Gasteiger partial charge in [-0.05, 0) is 35.4 Å². The molecule has 0 spiro atoms. The molecule has 0 fully saturated rings. The van der Waals surface area contributed by atoms with Crippen LogP contribution < -0.4 is 10.6 Å². The monoisotopic (exact) mass is 464 g/mol. The Balaban J connectivity index is 1.48. The van der Waals surface area contributed by atoms with Crippen molar-refractivity contribution in [3.8, 4) is 11.3 Å². The molecular formula is C24H21FN4O3S. The van der Waals surface area contributed by atoms with E-state index in [0.717, 1.165) is 11.1 Å². The zero-order valence-electron chi connectivity index (χ0n) is 18.0. The number of anilines is 2. The quantitative estimate of drug-likeness (QED) is 0.567. The molecule has 2 heterocycles. The number of amides is 3. The first-order valence-corrected chi connectivity index (χ1v) is 11.1. The second-order valence-electron chi connectivity index (χ2n) is 7.55. The van der Waals surface area contributed by atoms with E-state index in [1.54, 1.807) is 22.5 Å². The lowest BCUT2D eigenvalue weighted by Gasteiger charge is -2.32. The molecule has 33 heavy (non-hydrogen) atoms. The highest BCUT2D eigenvalue weighted by atomic mass is 32.1. The van der Waals surface area contributed by atoms with Gasteiger partial charge in [-0.2, -0.15) is 0 Å². The molecule has 2 N–H and O–H groups in total. The van der Waals surface area contributed by atoms with E-state index in [1.165, 1.54) is 37.3 Å². The van der Waals surface area contributed by atoms with Gasteiger partial charge in [0.05, 0.1) is 18.2 Å². The number of hydrogen-bond donors (Lipinski definition) is 2. The summed E-state index contributed by atoms with van der Waals surface area (Å²) in [5.74, 6) is -1.29. The van der Waals surface area contributed by atoms with Crippen LogP contribution in [0.2, 0.25) is 0 Å². The van der Waals surface area contributed by atoms with E-state index in [0.29, 0.717) is 16.5 Å². The number of hydrogen-bond acceptors (Lipinski definition) is 5. The Morgan fingerprint density at radius 1 is 1.12 bits per heavy atom. The molecule has 1 aromatic heterocycles. The topological polar surface area (TPSA) is 91.4 Å². The second kappa shape index (κ2) is 9.33. The van der Waals surface area contributed by atoms with Crippen LogP contribution in [0.3, 0.4) is 0 Å². The van der Waals surface area contributed by atoms with E-state index in [2.05, 4.69) is 15.6 Å². The molecule has 0 bridgehead atoms. The molecule has 0 saturated carbocycles. The van der Waals surface area contributed by atoms with Gasteiger partial charge in [0.25, 0.3) is 0 Å². The van der Waals surface area contributed by atoms with Crippen molar-refractivity contribution in [3.63, 3.8) is 0 Å². The van der Waals surface area contributed by atoms with Crippen molar-refractivity contribution in [3.05, 3.63) is 71.0 Å². The van der Waals surface area contributed by atoms with E-state index in [9.17, 15) is 18.8 Å². The van der Waals surface area contributed by atoms with Crippen molar-refractivity contribution in [2.45, 2.75) is 26.3 Å². The van der Waals surface area contributed by atoms with Crippen molar-refractivity contribution in [1.29, 1.82) is 0 Å². The molecule has 1 atom stereocenters. The van der Waals surface area contributed by atoms with Crippen molar-refractivity contribution in [2.75, 3.05) is 10.6 Å². The molecular weight excluding hydrogens is 443 g/mol. The van der Waals surface area contributed by atoms with E-state index in [4.69, 9.17) is 0 Å². The Bertz CT molecular complexity index is 1270. The zero-order chi connectivity index (χ0) is 23.5. The smallest absolute Gasteiger partial charge is 0.228 e. The number of nitrogens with zero attached hydrogens (tertiary/aromatic N) is 2. The fourth-order valence-electron chi connectivity index (χ4n) is 3.72. The van der Waals surface area contributed by atoms with Gasteiger partial charge < -0.3 is 15.5 Å². The van der Waals surface area contributed by atoms with Crippen molar-refractivity contribution in [1.82, 2.24) is 9.88 Å². The molecule has 0 saturated heterocycles. The molecule has 168 valence electrons. The Labute approximate surface area is 194 Å². The summed E-state index contributed by atoms with van der Waals surface area (Å²) in [4.78, 5) is 41.9. The highest BCUT2D eigenvalue weighted by Gasteiger charge is 2.28. The molecule has 3 aromatic rings. The first-order chi connectivity index (χ1) is 15.8. The van der Waals surface area contributed by atoms with Crippen LogP contribution in [0, 0.1) is 5.82 Å². The number of carbonyl (C=O) groups excluding carboxylic acids is 3. The van der Waals surface area contributed by atoms with Gasteiger partial charge in [-0.1, -0.05) is 24.3 Å². The minimum absolute atomic E-state index is 0.0512. The Kier molecular flexibility index (Phi) is 6.32. The molecule has 0 radical (unpaired) electrons. The Hall–Kier alpha value is -3.85. The summed E-state index contributed by atoms with van der Waals surface area (Å²) in [5.41, 5.74) is 2.84. The minimum Gasteiger partial charge on any atom is -0.326 e. The number of carbonyl (C=O) groups is 3. The summed E-state index contributed by atoms with van der Waals surface area (Å²) >= 11 is 1.18. The summed E-state index contributed by atoms with van der Waals surface area (Å²) in [6, 6.07) is 11.5. The normalized spacial score (nSPS) is 14.5. The predicted molar refractivity (Wildman–Crippen MR) is 126 cm³/mol. The first kappa shape index (κ1) is 22.3. The van der Waals surface area contributed by atoms with Gasteiger partial charge in [0.1, 0.15) is 5.82 Å². The molecule has 2 aromatic carbocycles. The fourth-order valence-corrected chi connectivity index (χ4v) is 4.44. The average molecular weight is 465 g/mol. The average Bonchev–Trinajstić information content (AvgIpc) is 3.21. The van der Waals surface area contributed by atoms with Crippen LogP contribution in [0.1, 0.15) is 37.4 Å². The van der Waals surface area contributed by atoms with E-state index >= 15 is 0 Å². The maximum atomic E-state index is 14.5. The first-order valence-electron chi connectivity index (χ1n) is 10.2. The van der Waals surface area contributed by atoms with Crippen LogP contribution in [0.4, 0.5) is 15.2 Å². The molecule has 3 amide bonds. The van der Waals surface area contributed by atoms with Crippen LogP contribution in [0.25, 0.3) is 17.3 Å². The third kappa shape index (κ3) is 4.98. The van der Waals surface area contributed by atoms with Gasteiger partial charge in [-0.25, -0.2) is 9.37 Å². The zero-order valence-corrected chi connectivity index (χ0v) is 18.8. The summed E-state index contributed by atoms with van der Waals surface area (Å²) in [6.07, 6.45) is 3.59. The maximum absolute atomic E-state index is 14.5. The number of fused-ring (bicyclic) bond motifs is 1. The summed E-state index contributed by atoms with van der Waals surface area (Å²) in [6.45, 7) is 2.81. The molecule has 7 nitrogen and oxygen atoms in total. The molecule has 0 unspecified atom stereocenters. The van der Waals surface area contributed by atoms with Crippen molar-refractivity contribution >= 4 is 46.0 Å². The van der Waals surface area contributed by atoms with Gasteiger partial charge >= 0.3 is 0 Å². The van der Waals surface area contributed by atoms with Gasteiger partial charge in [0.15, 0.2) is 5.13 Å². The minimum atomic E-state index is -0.535. The van der Waals surface area contributed by atoms with Crippen LogP contribution in [0.5, 0.6) is 0 Å². The van der Waals surface area contributed by atoms with Crippen molar-refractivity contribution in [2.24, 2.45) is 0 Å². The fraction of sp³-hybridized carbons (Fsp3) is 0.167. The van der Waals surface area contributed by atoms with E-state index in [1.807, 2.05) is 30.3 Å². The van der Waals surface area contributed by atoms with E-state index in [-0.39, 0.29) is 29.7 Å². The van der Waals surface area contributed by atoms with Crippen LogP contribution >= 0.6 is 11.3 Å².